The molecule has 0 saturated carbocycles. The first-order valence-corrected chi connectivity index (χ1v) is 6.20. The summed E-state index contributed by atoms with van der Waals surface area (Å²) in [6.07, 6.45) is 0. The van der Waals surface area contributed by atoms with Crippen LogP contribution < -0.4 is 4.78 Å². The molecule has 2 N–H and O–H groups in total. The van der Waals surface area contributed by atoms with Crippen LogP contribution in [0.25, 0.3) is 10.1 Å². The first-order valence-electron chi connectivity index (χ1n) is 3.86. The lowest BCUT2D eigenvalue weighted by Crippen LogP contribution is -2.26. The van der Waals surface area contributed by atoms with Gasteiger partial charge in [0.1, 0.15) is 0 Å². The Morgan fingerprint density at radius 2 is 2.00 bits per heavy atom. The van der Waals surface area contributed by atoms with Gasteiger partial charge in [0.2, 0.25) is 0 Å². The molecule has 0 aliphatic heterocycles. The van der Waals surface area contributed by atoms with Crippen molar-refractivity contribution in [1.82, 2.24) is 0 Å². The lowest BCUT2D eigenvalue weighted by atomic mass is 9.89. The smallest absolute Gasteiger partial charge is 0.423 e. The maximum Gasteiger partial charge on any atom is 0.499 e. The van der Waals surface area contributed by atoms with Crippen molar-refractivity contribution in [1.29, 1.82) is 0 Å². The van der Waals surface area contributed by atoms with E-state index < -0.39 is 7.12 Å². The second-order valence-electron chi connectivity index (χ2n) is 2.86. The average molecular weight is 336 g/mol. The predicted molar refractivity (Wildman–Crippen MR) is 71.6 cm³/mol. The van der Waals surface area contributed by atoms with Crippen LogP contribution in [0.1, 0.15) is 0 Å². The Bertz CT molecular complexity index is 444. The van der Waals surface area contributed by atoms with Crippen molar-refractivity contribution in [2.24, 2.45) is 0 Å². The molecule has 0 fully saturated rings. The molecular formula is C8H6BIO2S2. The molecule has 0 spiro atoms. The fraction of sp³-hybridized carbons (Fsp3) is 0. The van der Waals surface area contributed by atoms with Gasteiger partial charge in [0.15, 0.2) is 0 Å². The zero-order valence-electron chi connectivity index (χ0n) is 6.94. The summed E-state index contributed by atoms with van der Waals surface area (Å²) in [6.45, 7) is 0. The number of hydrogen-bond acceptors (Lipinski definition) is 4. The summed E-state index contributed by atoms with van der Waals surface area (Å²) in [4.78, 5) is 0.916. The minimum absolute atomic E-state index is 0.565. The van der Waals surface area contributed by atoms with E-state index in [1.165, 1.54) is 11.3 Å². The summed E-state index contributed by atoms with van der Waals surface area (Å²) in [6, 6.07) is 5.72. The molecule has 0 unspecified atom stereocenters. The first kappa shape index (κ1) is 10.8. The van der Waals surface area contributed by atoms with Gasteiger partial charge in [-0.15, -0.1) is 24.0 Å². The molecule has 2 aromatic rings. The molecule has 72 valence electrons. The third-order valence-electron chi connectivity index (χ3n) is 1.86. The van der Waals surface area contributed by atoms with Crippen molar-refractivity contribution in [3.8, 4) is 0 Å². The number of rotatable bonds is 1. The van der Waals surface area contributed by atoms with Gasteiger partial charge < -0.3 is 10.0 Å². The minimum Gasteiger partial charge on any atom is -0.423 e. The highest BCUT2D eigenvalue weighted by atomic mass is 127. The van der Waals surface area contributed by atoms with E-state index >= 15 is 0 Å². The molecule has 2 rings (SSSR count). The van der Waals surface area contributed by atoms with Gasteiger partial charge >= 0.3 is 7.12 Å². The number of halogens is 1. The van der Waals surface area contributed by atoms with Crippen LogP contribution in [0.4, 0.5) is 0 Å². The Morgan fingerprint density at radius 1 is 1.29 bits per heavy atom. The van der Waals surface area contributed by atoms with E-state index in [-0.39, 0.29) is 0 Å². The van der Waals surface area contributed by atoms with Crippen molar-refractivity contribution in [2.45, 2.75) is 4.90 Å². The zero-order valence-corrected chi connectivity index (χ0v) is 10.8. The van der Waals surface area contributed by atoms with E-state index in [2.05, 4.69) is 35.2 Å². The number of thiol groups is 1. The van der Waals surface area contributed by atoms with Crippen LogP contribution in [-0.4, -0.2) is 17.2 Å². The quantitative estimate of drug-likeness (QED) is 0.419. The highest BCUT2D eigenvalue weighted by Crippen LogP contribution is 2.26. The van der Waals surface area contributed by atoms with Crippen molar-refractivity contribution in [3.05, 3.63) is 21.8 Å². The topological polar surface area (TPSA) is 40.5 Å². The van der Waals surface area contributed by atoms with Gasteiger partial charge in [-0.05, 0) is 46.2 Å². The summed E-state index contributed by atoms with van der Waals surface area (Å²) in [5, 5.41) is 19.0. The molecule has 0 saturated heterocycles. The zero-order chi connectivity index (χ0) is 10.3. The number of fused-ring (bicyclic) bond motifs is 1. The van der Waals surface area contributed by atoms with Gasteiger partial charge in [-0.1, -0.05) is 0 Å². The van der Waals surface area contributed by atoms with Gasteiger partial charge in [-0.2, -0.15) is 0 Å². The van der Waals surface area contributed by atoms with E-state index in [0.29, 0.717) is 4.78 Å². The number of benzene rings is 1. The lowest BCUT2D eigenvalue weighted by Gasteiger charge is -1.95. The fourth-order valence-corrected chi connectivity index (χ4v) is 2.93. The fourth-order valence-electron chi connectivity index (χ4n) is 1.20. The van der Waals surface area contributed by atoms with Gasteiger partial charge in [-0.3, -0.25) is 0 Å². The number of thiophene rings is 1. The van der Waals surface area contributed by atoms with E-state index in [1.807, 2.05) is 12.1 Å². The van der Waals surface area contributed by atoms with Crippen molar-refractivity contribution in [2.75, 3.05) is 0 Å². The molecule has 14 heavy (non-hydrogen) atoms. The van der Waals surface area contributed by atoms with E-state index in [9.17, 15) is 0 Å². The maximum atomic E-state index is 9.01. The summed E-state index contributed by atoms with van der Waals surface area (Å²) in [5.41, 5.74) is 0. The van der Waals surface area contributed by atoms with Crippen molar-refractivity contribution in [3.63, 3.8) is 0 Å². The van der Waals surface area contributed by atoms with Crippen LogP contribution >= 0.6 is 46.6 Å². The van der Waals surface area contributed by atoms with Crippen LogP contribution in [0.2, 0.25) is 0 Å². The Hall–Kier alpha value is 0.245. The molecule has 2 nitrogen and oxygen atoms in total. The van der Waals surface area contributed by atoms with Crippen LogP contribution in [0.5, 0.6) is 0 Å². The van der Waals surface area contributed by atoms with Crippen LogP contribution in [-0.2, 0) is 0 Å². The van der Waals surface area contributed by atoms with Crippen LogP contribution in [0, 0.1) is 3.57 Å². The van der Waals surface area contributed by atoms with Gasteiger partial charge in [0.05, 0.1) is 0 Å². The lowest BCUT2D eigenvalue weighted by molar-refractivity contribution is 0.427. The van der Waals surface area contributed by atoms with Gasteiger partial charge in [0, 0.05) is 17.9 Å². The summed E-state index contributed by atoms with van der Waals surface area (Å²) in [5.74, 6) is 0. The summed E-state index contributed by atoms with van der Waals surface area (Å²) < 4.78 is 2.66. The largest absolute Gasteiger partial charge is 0.499 e. The minimum atomic E-state index is -1.38. The highest BCUT2D eigenvalue weighted by Gasteiger charge is 2.15. The SMILES string of the molecule is OB(O)c1cc2cc(I)c(S)cc2s1. The second kappa shape index (κ2) is 4.01. The van der Waals surface area contributed by atoms with Crippen LogP contribution in [0.3, 0.4) is 0 Å². The predicted octanol–water partition coefficient (Wildman–Crippen LogP) is 1.47. The Balaban J connectivity index is 2.66. The standard InChI is InChI=1S/C8H6BIO2S2/c10-5-1-4-2-8(9(11)12)14-7(4)3-6(5)13/h1-3,11-13H. The molecule has 1 aromatic heterocycles. The molecule has 6 heteroatoms. The molecule has 0 aliphatic rings. The van der Waals surface area contributed by atoms with E-state index in [4.69, 9.17) is 10.0 Å². The highest BCUT2D eigenvalue weighted by molar-refractivity contribution is 14.1. The van der Waals surface area contributed by atoms with Crippen molar-refractivity contribution < 1.29 is 10.0 Å². The van der Waals surface area contributed by atoms with Crippen LogP contribution in [0.15, 0.2) is 23.1 Å². The molecule has 0 bridgehead atoms. The Kier molecular flexibility index (Phi) is 3.08. The maximum absolute atomic E-state index is 9.01. The Labute approximate surface area is 105 Å². The molecular weight excluding hydrogens is 330 g/mol. The summed E-state index contributed by atoms with van der Waals surface area (Å²) in [7, 11) is -1.38. The van der Waals surface area contributed by atoms with Crippen molar-refractivity contribution >= 4 is 68.5 Å². The van der Waals surface area contributed by atoms with Gasteiger partial charge in [0.25, 0.3) is 0 Å². The molecule has 1 heterocycles. The monoisotopic (exact) mass is 336 g/mol. The molecule has 0 atom stereocenters. The van der Waals surface area contributed by atoms with Gasteiger partial charge in [-0.25, -0.2) is 0 Å². The molecule has 0 aliphatic carbocycles. The molecule has 1 aromatic carbocycles. The number of hydrogen-bond donors (Lipinski definition) is 3. The third kappa shape index (κ3) is 1.94. The first-order chi connectivity index (χ1) is 6.58. The normalized spacial score (nSPS) is 10.9. The Morgan fingerprint density at radius 3 is 2.64 bits per heavy atom. The molecule has 0 radical (unpaired) electrons. The third-order valence-corrected chi connectivity index (χ3v) is 4.69. The average Bonchev–Trinajstić information content (AvgIpc) is 2.48. The summed E-state index contributed by atoms with van der Waals surface area (Å²) >= 11 is 7.89. The second-order valence-corrected chi connectivity index (χ2v) is 5.62. The van der Waals surface area contributed by atoms with E-state index in [1.54, 1.807) is 6.07 Å². The molecule has 0 amide bonds. The van der Waals surface area contributed by atoms with E-state index in [0.717, 1.165) is 18.6 Å².